The lowest BCUT2D eigenvalue weighted by Gasteiger charge is -2.07. The molecule has 1 aliphatic heterocycles. The van der Waals surface area contributed by atoms with E-state index >= 15 is 0 Å². The molecule has 0 amide bonds. The molecule has 1 aromatic heterocycles. The molecule has 0 unspecified atom stereocenters. The zero-order valence-corrected chi connectivity index (χ0v) is 11.7. The maximum absolute atomic E-state index is 12.2. The molecule has 100 valence electrons. The van der Waals surface area contributed by atoms with E-state index in [1.807, 2.05) is 11.4 Å². The molecule has 19 heavy (non-hydrogen) atoms. The second-order valence-corrected chi connectivity index (χ2v) is 7.03. The Labute approximate surface area is 115 Å². The Balaban J connectivity index is 1.80. The Morgan fingerprint density at radius 3 is 2.95 bits per heavy atom. The normalized spacial score (nSPS) is 14.5. The van der Waals surface area contributed by atoms with Gasteiger partial charge in [-0.05, 0) is 23.3 Å². The molecule has 2 N–H and O–H groups in total. The highest BCUT2D eigenvalue weighted by Gasteiger charge is 2.18. The van der Waals surface area contributed by atoms with E-state index in [1.165, 1.54) is 16.9 Å². The Morgan fingerprint density at radius 1 is 1.32 bits per heavy atom. The van der Waals surface area contributed by atoms with Crippen LogP contribution in [0.3, 0.4) is 0 Å². The Morgan fingerprint density at radius 2 is 2.16 bits per heavy atom. The number of sulfonamides is 1. The fourth-order valence-electron chi connectivity index (χ4n) is 2.02. The van der Waals surface area contributed by atoms with Gasteiger partial charge in [-0.25, -0.2) is 18.1 Å². The first-order chi connectivity index (χ1) is 9.15. The lowest BCUT2D eigenvalue weighted by molar-refractivity contribution is 0.581. The molecule has 2 heterocycles. The number of fused-ring (bicyclic) bond motifs is 1. The number of nitrogens with one attached hydrogen (secondary N) is 2. The van der Waals surface area contributed by atoms with Gasteiger partial charge in [0.1, 0.15) is 5.01 Å². The molecule has 0 saturated carbocycles. The van der Waals surface area contributed by atoms with Crippen LogP contribution < -0.4 is 10.0 Å². The molecular weight excluding hydrogens is 282 g/mol. The number of hydrogen-bond donors (Lipinski definition) is 2. The van der Waals surface area contributed by atoms with Gasteiger partial charge in [0.15, 0.2) is 0 Å². The van der Waals surface area contributed by atoms with E-state index in [4.69, 9.17) is 0 Å². The van der Waals surface area contributed by atoms with Crippen LogP contribution in [0.5, 0.6) is 0 Å². The predicted octanol–water partition coefficient (Wildman–Crippen LogP) is 1.22. The number of hydrogen-bond acceptors (Lipinski definition) is 5. The highest BCUT2D eigenvalue weighted by molar-refractivity contribution is 7.89. The molecule has 3 rings (SSSR count). The molecule has 0 fully saturated rings. The van der Waals surface area contributed by atoms with E-state index in [9.17, 15) is 8.42 Å². The third-order valence-corrected chi connectivity index (χ3v) is 5.19. The van der Waals surface area contributed by atoms with Crippen molar-refractivity contribution in [2.75, 3.05) is 0 Å². The van der Waals surface area contributed by atoms with Crippen molar-refractivity contribution in [3.8, 4) is 0 Å². The predicted molar refractivity (Wildman–Crippen MR) is 73.1 cm³/mol. The average Bonchev–Trinajstić information content (AvgIpc) is 3.06. The molecule has 0 radical (unpaired) electrons. The molecule has 0 spiro atoms. The van der Waals surface area contributed by atoms with Gasteiger partial charge in [-0.15, -0.1) is 11.3 Å². The van der Waals surface area contributed by atoms with Crippen molar-refractivity contribution in [1.29, 1.82) is 0 Å². The van der Waals surface area contributed by atoms with E-state index in [-0.39, 0.29) is 6.54 Å². The van der Waals surface area contributed by atoms with Gasteiger partial charge >= 0.3 is 0 Å². The van der Waals surface area contributed by atoms with E-state index in [0.29, 0.717) is 4.90 Å². The fourth-order valence-corrected chi connectivity index (χ4v) is 3.70. The highest BCUT2D eigenvalue weighted by atomic mass is 32.2. The smallest absolute Gasteiger partial charge is 0.240 e. The highest BCUT2D eigenvalue weighted by Crippen LogP contribution is 2.20. The summed E-state index contributed by atoms with van der Waals surface area (Å²) in [6.45, 7) is 1.77. The molecule has 7 heteroatoms. The van der Waals surface area contributed by atoms with Gasteiger partial charge in [0, 0.05) is 24.7 Å². The largest absolute Gasteiger partial charge is 0.309 e. The molecule has 1 aromatic carbocycles. The van der Waals surface area contributed by atoms with Crippen molar-refractivity contribution >= 4 is 21.4 Å². The Hall–Kier alpha value is -1.28. The summed E-state index contributed by atoms with van der Waals surface area (Å²) in [5, 5.41) is 5.78. The van der Waals surface area contributed by atoms with Crippen LogP contribution in [-0.4, -0.2) is 13.4 Å². The third kappa shape index (κ3) is 2.69. The van der Waals surface area contributed by atoms with Crippen LogP contribution in [-0.2, 0) is 29.7 Å². The molecule has 0 bridgehead atoms. The molecule has 5 nitrogen and oxygen atoms in total. The van der Waals surface area contributed by atoms with Gasteiger partial charge in [-0.2, -0.15) is 0 Å². The minimum atomic E-state index is -3.47. The average molecular weight is 295 g/mol. The van der Waals surface area contributed by atoms with Gasteiger partial charge in [0.2, 0.25) is 10.0 Å². The summed E-state index contributed by atoms with van der Waals surface area (Å²) < 4.78 is 26.9. The summed E-state index contributed by atoms with van der Waals surface area (Å²) in [5.74, 6) is 0. The molecule has 2 aromatic rings. The summed E-state index contributed by atoms with van der Waals surface area (Å²) in [7, 11) is -3.47. The number of benzene rings is 1. The molecular formula is C12H13N3O2S2. The molecule has 0 saturated heterocycles. The van der Waals surface area contributed by atoms with Crippen LogP contribution in [0, 0.1) is 0 Å². The fraction of sp³-hybridized carbons (Fsp3) is 0.250. The lowest BCUT2D eigenvalue weighted by Crippen LogP contribution is -2.23. The number of thiazole rings is 1. The summed E-state index contributed by atoms with van der Waals surface area (Å²) in [5.41, 5.74) is 2.22. The number of aromatic nitrogens is 1. The number of rotatable bonds is 4. The lowest BCUT2D eigenvalue weighted by atomic mass is 10.1. The molecule has 1 aliphatic rings. The first-order valence-corrected chi connectivity index (χ1v) is 8.22. The summed E-state index contributed by atoms with van der Waals surface area (Å²) in [6, 6.07) is 5.25. The summed E-state index contributed by atoms with van der Waals surface area (Å²) in [4.78, 5) is 4.36. The quantitative estimate of drug-likeness (QED) is 0.890. The number of nitrogens with zero attached hydrogens (tertiary/aromatic N) is 1. The van der Waals surface area contributed by atoms with Gasteiger partial charge in [-0.3, -0.25) is 0 Å². The van der Waals surface area contributed by atoms with Crippen LogP contribution in [0.25, 0.3) is 0 Å². The van der Waals surface area contributed by atoms with E-state index in [1.54, 1.807) is 18.3 Å². The van der Waals surface area contributed by atoms with Crippen LogP contribution in [0.4, 0.5) is 0 Å². The second kappa shape index (κ2) is 5.01. The SMILES string of the molecule is O=S(=O)(NCc1nccs1)c1ccc2c(c1)CNC2. The van der Waals surface area contributed by atoms with Crippen LogP contribution in [0.1, 0.15) is 16.1 Å². The van der Waals surface area contributed by atoms with E-state index in [0.717, 1.165) is 23.7 Å². The molecule has 0 atom stereocenters. The summed E-state index contributed by atoms with van der Waals surface area (Å²) >= 11 is 1.43. The maximum Gasteiger partial charge on any atom is 0.240 e. The van der Waals surface area contributed by atoms with Gasteiger partial charge < -0.3 is 5.32 Å². The van der Waals surface area contributed by atoms with Crippen LogP contribution >= 0.6 is 11.3 Å². The van der Waals surface area contributed by atoms with Crippen molar-refractivity contribution in [3.63, 3.8) is 0 Å². The van der Waals surface area contributed by atoms with E-state index < -0.39 is 10.0 Å². The Bertz CT molecular complexity index is 681. The maximum atomic E-state index is 12.2. The van der Waals surface area contributed by atoms with Crippen molar-refractivity contribution < 1.29 is 8.42 Å². The van der Waals surface area contributed by atoms with Crippen LogP contribution in [0.15, 0.2) is 34.7 Å². The monoisotopic (exact) mass is 295 g/mol. The molecule has 0 aliphatic carbocycles. The standard InChI is InChI=1S/C12H13N3O2S2/c16-19(17,15-8-12-14-3-4-18-12)11-2-1-9-6-13-7-10(9)5-11/h1-5,13,15H,6-8H2. The minimum Gasteiger partial charge on any atom is -0.309 e. The second-order valence-electron chi connectivity index (χ2n) is 4.28. The topological polar surface area (TPSA) is 71.1 Å². The first-order valence-electron chi connectivity index (χ1n) is 5.86. The third-order valence-electron chi connectivity index (χ3n) is 3.02. The Kier molecular flexibility index (Phi) is 3.36. The van der Waals surface area contributed by atoms with Crippen molar-refractivity contribution in [2.24, 2.45) is 0 Å². The van der Waals surface area contributed by atoms with Crippen molar-refractivity contribution in [2.45, 2.75) is 24.5 Å². The van der Waals surface area contributed by atoms with Gasteiger partial charge in [0.25, 0.3) is 0 Å². The van der Waals surface area contributed by atoms with E-state index in [2.05, 4.69) is 15.0 Å². The van der Waals surface area contributed by atoms with Crippen molar-refractivity contribution in [1.82, 2.24) is 15.0 Å². The zero-order valence-electron chi connectivity index (χ0n) is 10.1. The zero-order chi connectivity index (χ0) is 13.3. The summed E-state index contributed by atoms with van der Waals surface area (Å²) in [6.07, 6.45) is 1.66. The van der Waals surface area contributed by atoms with Crippen molar-refractivity contribution in [3.05, 3.63) is 45.9 Å². The van der Waals surface area contributed by atoms with Crippen LogP contribution in [0.2, 0.25) is 0 Å². The first kappa shape index (κ1) is 12.7. The van der Waals surface area contributed by atoms with Gasteiger partial charge in [0.05, 0.1) is 11.4 Å². The van der Waals surface area contributed by atoms with Gasteiger partial charge in [-0.1, -0.05) is 6.07 Å². The minimum absolute atomic E-state index is 0.231.